The van der Waals surface area contributed by atoms with Crippen LogP contribution in [-0.4, -0.2) is 43.2 Å². The molecule has 0 aliphatic carbocycles. The van der Waals surface area contributed by atoms with Gasteiger partial charge in [0.25, 0.3) is 5.91 Å². The number of morpholine rings is 1. The molecule has 0 spiro atoms. The zero-order valence-electron chi connectivity index (χ0n) is 15.5. The molecule has 1 heterocycles. The van der Waals surface area contributed by atoms with Crippen molar-refractivity contribution in [2.45, 2.75) is 26.1 Å². The van der Waals surface area contributed by atoms with Gasteiger partial charge in [-0.25, -0.2) is 0 Å². The molecule has 1 N–H and O–H groups in total. The van der Waals surface area contributed by atoms with E-state index in [1.165, 1.54) is 5.56 Å². The quantitative estimate of drug-likeness (QED) is 0.791. The molecule has 1 fully saturated rings. The molecule has 6 heteroatoms. The zero-order chi connectivity index (χ0) is 19.1. The molecule has 2 aromatic rings. The maximum atomic E-state index is 12.4. The van der Waals surface area contributed by atoms with E-state index < -0.39 is 6.10 Å². The van der Waals surface area contributed by atoms with Crippen molar-refractivity contribution in [2.24, 2.45) is 0 Å². The largest absolute Gasteiger partial charge is 0.481 e. The Morgan fingerprint density at radius 3 is 2.52 bits per heavy atom. The first-order valence-electron chi connectivity index (χ1n) is 9.18. The van der Waals surface area contributed by atoms with E-state index in [0.29, 0.717) is 17.3 Å². The lowest BCUT2D eigenvalue weighted by Gasteiger charge is -2.27. The molecule has 2 aromatic carbocycles. The van der Waals surface area contributed by atoms with Gasteiger partial charge in [-0.1, -0.05) is 35.9 Å². The van der Waals surface area contributed by atoms with Crippen LogP contribution < -0.4 is 10.1 Å². The molecule has 144 valence electrons. The van der Waals surface area contributed by atoms with E-state index in [0.717, 1.165) is 38.4 Å². The molecule has 1 aliphatic rings. The van der Waals surface area contributed by atoms with Crippen LogP contribution in [0.3, 0.4) is 0 Å². The Morgan fingerprint density at radius 1 is 1.15 bits per heavy atom. The van der Waals surface area contributed by atoms with Gasteiger partial charge in [-0.05, 0) is 42.3 Å². The number of carbonyl (C=O) groups excluding carboxylic acids is 1. The number of hydrogen-bond donors (Lipinski definition) is 1. The molecule has 27 heavy (non-hydrogen) atoms. The summed E-state index contributed by atoms with van der Waals surface area (Å²) in [6.45, 7) is 6.51. The van der Waals surface area contributed by atoms with Crippen LogP contribution in [0, 0.1) is 0 Å². The van der Waals surface area contributed by atoms with Crippen molar-refractivity contribution in [3.63, 3.8) is 0 Å². The van der Waals surface area contributed by atoms with Gasteiger partial charge in [-0.15, -0.1) is 0 Å². The lowest BCUT2D eigenvalue weighted by molar-refractivity contribution is -0.127. The molecule has 1 amide bonds. The van der Waals surface area contributed by atoms with E-state index in [4.69, 9.17) is 21.1 Å². The second-order valence-corrected chi connectivity index (χ2v) is 7.03. The van der Waals surface area contributed by atoms with Crippen LogP contribution >= 0.6 is 11.6 Å². The van der Waals surface area contributed by atoms with Crippen LogP contribution in [0.4, 0.5) is 0 Å². The predicted molar refractivity (Wildman–Crippen MR) is 106 cm³/mol. The van der Waals surface area contributed by atoms with Crippen LogP contribution in [0.15, 0.2) is 48.5 Å². The highest BCUT2D eigenvalue weighted by molar-refractivity contribution is 6.30. The summed E-state index contributed by atoms with van der Waals surface area (Å²) in [6, 6.07) is 15.2. The van der Waals surface area contributed by atoms with Crippen molar-refractivity contribution in [1.29, 1.82) is 0 Å². The summed E-state index contributed by atoms with van der Waals surface area (Å²) in [5.41, 5.74) is 2.35. The van der Waals surface area contributed by atoms with Crippen LogP contribution in [-0.2, 0) is 22.6 Å². The highest BCUT2D eigenvalue weighted by Gasteiger charge is 2.16. The molecular formula is C21H25ClN2O3. The minimum Gasteiger partial charge on any atom is -0.481 e. The number of rotatable bonds is 7. The minimum atomic E-state index is -0.586. The minimum absolute atomic E-state index is 0.147. The Morgan fingerprint density at radius 2 is 1.81 bits per heavy atom. The van der Waals surface area contributed by atoms with E-state index in [-0.39, 0.29) is 5.91 Å². The van der Waals surface area contributed by atoms with Gasteiger partial charge in [-0.3, -0.25) is 9.69 Å². The summed E-state index contributed by atoms with van der Waals surface area (Å²) in [7, 11) is 0. The number of benzene rings is 2. The number of ether oxygens (including phenoxy) is 2. The van der Waals surface area contributed by atoms with Gasteiger partial charge in [0.05, 0.1) is 13.2 Å². The number of amides is 1. The normalized spacial score (nSPS) is 15.9. The third-order valence-electron chi connectivity index (χ3n) is 4.56. The van der Waals surface area contributed by atoms with E-state index in [2.05, 4.69) is 22.3 Å². The Balaban J connectivity index is 1.54. The second kappa shape index (κ2) is 9.74. The van der Waals surface area contributed by atoms with Gasteiger partial charge in [0, 0.05) is 31.2 Å². The summed E-state index contributed by atoms with van der Waals surface area (Å²) in [4.78, 5) is 14.8. The molecule has 0 unspecified atom stereocenters. The first-order valence-corrected chi connectivity index (χ1v) is 9.56. The summed E-state index contributed by atoms with van der Waals surface area (Å²) in [5, 5.41) is 3.61. The van der Waals surface area contributed by atoms with Crippen molar-refractivity contribution in [2.75, 3.05) is 26.3 Å². The van der Waals surface area contributed by atoms with Gasteiger partial charge in [0.15, 0.2) is 6.10 Å². The SMILES string of the molecule is C[C@@H](Oc1ccc(Cl)cc1)C(=O)NCc1ccccc1CN1CCOCC1. The monoisotopic (exact) mass is 388 g/mol. The molecule has 0 aromatic heterocycles. The Bertz CT molecular complexity index is 745. The summed E-state index contributed by atoms with van der Waals surface area (Å²) in [6.07, 6.45) is -0.586. The zero-order valence-corrected chi connectivity index (χ0v) is 16.2. The topological polar surface area (TPSA) is 50.8 Å². The van der Waals surface area contributed by atoms with Gasteiger partial charge < -0.3 is 14.8 Å². The van der Waals surface area contributed by atoms with Gasteiger partial charge in [0.2, 0.25) is 0 Å². The fourth-order valence-corrected chi connectivity index (χ4v) is 3.11. The first-order chi connectivity index (χ1) is 13.1. The van der Waals surface area contributed by atoms with Crippen LogP contribution in [0.1, 0.15) is 18.1 Å². The molecule has 3 rings (SSSR count). The first kappa shape index (κ1) is 19.7. The Labute approximate surface area is 165 Å². The van der Waals surface area contributed by atoms with Crippen LogP contribution in [0.5, 0.6) is 5.75 Å². The van der Waals surface area contributed by atoms with Crippen LogP contribution in [0.2, 0.25) is 5.02 Å². The van der Waals surface area contributed by atoms with E-state index in [1.54, 1.807) is 31.2 Å². The summed E-state index contributed by atoms with van der Waals surface area (Å²) < 4.78 is 11.1. The highest BCUT2D eigenvalue weighted by atomic mass is 35.5. The van der Waals surface area contributed by atoms with Gasteiger partial charge in [-0.2, -0.15) is 0 Å². The Hall–Kier alpha value is -2.08. The predicted octanol–water partition coefficient (Wildman–Crippen LogP) is 3.26. The summed E-state index contributed by atoms with van der Waals surface area (Å²) >= 11 is 5.87. The molecule has 0 saturated carbocycles. The van der Waals surface area contributed by atoms with Crippen LogP contribution in [0.25, 0.3) is 0 Å². The van der Waals surface area contributed by atoms with Crippen molar-refractivity contribution in [3.05, 3.63) is 64.7 Å². The van der Waals surface area contributed by atoms with Crippen molar-refractivity contribution < 1.29 is 14.3 Å². The van der Waals surface area contributed by atoms with Crippen molar-refractivity contribution >= 4 is 17.5 Å². The van der Waals surface area contributed by atoms with E-state index in [1.807, 2.05) is 12.1 Å². The average Bonchev–Trinajstić information content (AvgIpc) is 2.69. The van der Waals surface area contributed by atoms with Gasteiger partial charge >= 0.3 is 0 Å². The number of hydrogen-bond acceptors (Lipinski definition) is 4. The third kappa shape index (κ3) is 5.96. The second-order valence-electron chi connectivity index (χ2n) is 6.59. The standard InChI is InChI=1S/C21H25ClN2O3/c1-16(27-20-8-6-19(22)7-9-20)21(25)23-14-17-4-2-3-5-18(17)15-24-10-12-26-13-11-24/h2-9,16H,10-15H2,1H3,(H,23,25)/t16-/m1/s1. The van der Waals surface area contributed by atoms with E-state index >= 15 is 0 Å². The number of nitrogens with zero attached hydrogens (tertiary/aromatic N) is 1. The molecule has 5 nitrogen and oxygen atoms in total. The molecule has 1 saturated heterocycles. The van der Waals surface area contributed by atoms with Crippen molar-refractivity contribution in [3.8, 4) is 5.75 Å². The lowest BCUT2D eigenvalue weighted by atomic mass is 10.1. The fraction of sp³-hybridized carbons (Fsp3) is 0.381. The molecule has 0 bridgehead atoms. The fourth-order valence-electron chi connectivity index (χ4n) is 2.98. The molecular weight excluding hydrogens is 364 g/mol. The molecule has 0 radical (unpaired) electrons. The van der Waals surface area contributed by atoms with E-state index in [9.17, 15) is 4.79 Å². The van der Waals surface area contributed by atoms with Gasteiger partial charge in [0.1, 0.15) is 5.75 Å². The lowest BCUT2D eigenvalue weighted by Crippen LogP contribution is -2.37. The molecule has 1 atom stereocenters. The molecule has 1 aliphatic heterocycles. The maximum absolute atomic E-state index is 12.4. The summed E-state index contributed by atoms with van der Waals surface area (Å²) in [5.74, 6) is 0.473. The number of nitrogens with one attached hydrogen (secondary N) is 1. The maximum Gasteiger partial charge on any atom is 0.261 e. The smallest absolute Gasteiger partial charge is 0.261 e. The number of carbonyl (C=O) groups is 1. The highest BCUT2D eigenvalue weighted by Crippen LogP contribution is 2.17. The van der Waals surface area contributed by atoms with Crippen molar-refractivity contribution in [1.82, 2.24) is 10.2 Å². The number of halogens is 1. The average molecular weight is 389 g/mol. The Kier molecular flexibility index (Phi) is 7.10. The third-order valence-corrected chi connectivity index (χ3v) is 4.82.